The second-order valence-corrected chi connectivity index (χ2v) is 5.44. The smallest absolute Gasteiger partial charge is 0.305 e. The summed E-state index contributed by atoms with van der Waals surface area (Å²) >= 11 is 3.21. The summed E-state index contributed by atoms with van der Waals surface area (Å²) in [6.07, 6.45) is 2.04. The zero-order chi connectivity index (χ0) is 13.1. The van der Waals surface area contributed by atoms with Gasteiger partial charge in [0.25, 0.3) is 0 Å². The molecule has 1 aliphatic rings. The zero-order valence-corrected chi connectivity index (χ0v) is 11.5. The molecular weight excluding hydrogens is 301 g/mol. The van der Waals surface area contributed by atoms with Crippen LogP contribution < -0.4 is 0 Å². The first kappa shape index (κ1) is 13.5. The highest BCUT2D eigenvalue weighted by Crippen LogP contribution is 2.31. The highest BCUT2D eigenvalue weighted by molar-refractivity contribution is 9.10. The first-order chi connectivity index (χ1) is 8.58. The molecule has 0 bridgehead atoms. The molecule has 5 heteroatoms. The van der Waals surface area contributed by atoms with Crippen molar-refractivity contribution in [3.63, 3.8) is 0 Å². The molecule has 18 heavy (non-hydrogen) atoms. The lowest BCUT2D eigenvalue weighted by Crippen LogP contribution is -2.28. The van der Waals surface area contributed by atoms with E-state index in [1.807, 2.05) is 0 Å². The highest BCUT2D eigenvalue weighted by Gasteiger charge is 2.27. The number of halogens is 2. The molecule has 0 radical (unpaired) electrons. The van der Waals surface area contributed by atoms with Crippen LogP contribution in [0.4, 0.5) is 4.39 Å². The number of hydrogen-bond donors (Lipinski definition) is 1. The Bertz CT molecular complexity index is 447. The molecule has 0 saturated carbocycles. The van der Waals surface area contributed by atoms with Crippen LogP contribution >= 0.6 is 15.9 Å². The summed E-state index contributed by atoms with van der Waals surface area (Å²) in [6.45, 7) is 1.68. The molecule has 0 aromatic heterocycles. The third-order valence-corrected chi connectivity index (χ3v) is 3.76. The van der Waals surface area contributed by atoms with Gasteiger partial charge in [-0.1, -0.05) is 22.0 Å². The average molecular weight is 316 g/mol. The first-order valence-corrected chi connectivity index (χ1v) is 6.78. The van der Waals surface area contributed by atoms with E-state index in [9.17, 15) is 9.18 Å². The largest absolute Gasteiger partial charge is 0.481 e. The van der Waals surface area contributed by atoms with Gasteiger partial charge in [-0.3, -0.25) is 9.69 Å². The first-order valence-electron chi connectivity index (χ1n) is 5.98. The molecule has 0 spiro atoms. The van der Waals surface area contributed by atoms with Gasteiger partial charge in [0.15, 0.2) is 0 Å². The minimum Gasteiger partial charge on any atom is -0.481 e. The molecule has 1 saturated heterocycles. The number of rotatable bonds is 4. The van der Waals surface area contributed by atoms with Gasteiger partial charge in [0.2, 0.25) is 0 Å². The standard InChI is InChI=1S/C13H15BrFNO2/c14-9-3-4-10(11(15)7-9)12(8-13(17)18)16-5-1-2-6-16/h3-4,7,12H,1-2,5-6,8H2,(H,17,18). The van der Waals surface area contributed by atoms with Crippen molar-refractivity contribution in [1.82, 2.24) is 4.90 Å². The lowest BCUT2D eigenvalue weighted by Gasteiger charge is -2.27. The van der Waals surface area contributed by atoms with Crippen LogP contribution in [-0.2, 0) is 4.79 Å². The molecular formula is C13H15BrFNO2. The van der Waals surface area contributed by atoms with Gasteiger partial charge in [-0.25, -0.2) is 4.39 Å². The van der Waals surface area contributed by atoms with Crippen molar-refractivity contribution in [3.8, 4) is 0 Å². The van der Waals surface area contributed by atoms with Gasteiger partial charge < -0.3 is 5.11 Å². The van der Waals surface area contributed by atoms with Gasteiger partial charge in [-0.15, -0.1) is 0 Å². The highest BCUT2D eigenvalue weighted by atomic mass is 79.9. The van der Waals surface area contributed by atoms with Crippen molar-refractivity contribution in [2.75, 3.05) is 13.1 Å². The minimum atomic E-state index is -0.894. The summed E-state index contributed by atoms with van der Waals surface area (Å²) in [6, 6.07) is 4.45. The molecule has 1 unspecified atom stereocenters. The van der Waals surface area contributed by atoms with Crippen molar-refractivity contribution in [2.24, 2.45) is 0 Å². The summed E-state index contributed by atoms with van der Waals surface area (Å²) in [5.41, 5.74) is 0.475. The Hall–Kier alpha value is -0.940. The van der Waals surface area contributed by atoms with Crippen molar-refractivity contribution in [1.29, 1.82) is 0 Å². The molecule has 1 atom stereocenters. The monoisotopic (exact) mass is 315 g/mol. The fourth-order valence-corrected chi connectivity index (χ4v) is 2.76. The van der Waals surface area contributed by atoms with Gasteiger partial charge in [-0.2, -0.15) is 0 Å². The van der Waals surface area contributed by atoms with Crippen molar-refractivity contribution in [3.05, 3.63) is 34.1 Å². The Morgan fingerprint density at radius 3 is 2.67 bits per heavy atom. The average Bonchev–Trinajstić information content (AvgIpc) is 2.79. The van der Waals surface area contributed by atoms with Gasteiger partial charge in [0.1, 0.15) is 5.82 Å². The Balaban J connectivity index is 2.29. The number of nitrogens with zero attached hydrogens (tertiary/aromatic N) is 1. The van der Waals surface area contributed by atoms with E-state index in [1.54, 1.807) is 12.1 Å². The van der Waals surface area contributed by atoms with Gasteiger partial charge in [0.05, 0.1) is 6.42 Å². The number of aliphatic carboxylic acids is 1. The molecule has 1 heterocycles. The second kappa shape index (κ2) is 5.80. The van der Waals surface area contributed by atoms with E-state index >= 15 is 0 Å². The fourth-order valence-electron chi connectivity index (χ4n) is 2.43. The van der Waals surface area contributed by atoms with Crippen LogP contribution in [0, 0.1) is 5.82 Å². The molecule has 1 fully saturated rings. The van der Waals surface area contributed by atoms with E-state index in [-0.39, 0.29) is 18.3 Å². The number of likely N-dealkylation sites (tertiary alicyclic amines) is 1. The van der Waals surface area contributed by atoms with E-state index < -0.39 is 5.97 Å². The summed E-state index contributed by atoms with van der Waals surface area (Å²) in [5.74, 6) is -1.24. The van der Waals surface area contributed by atoms with Crippen LogP contribution in [0.3, 0.4) is 0 Å². The lowest BCUT2D eigenvalue weighted by atomic mass is 10.0. The summed E-state index contributed by atoms with van der Waals surface area (Å²) in [4.78, 5) is 13.0. The quantitative estimate of drug-likeness (QED) is 0.927. The summed E-state index contributed by atoms with van der Waals surface area (Å²) in [5, 5.41) is 8.99. The van der Waals surface area contributed by atoms with Gasteiger partial charge in [-0.05, 0) is 38.1 Å². The Morgan fingerprint density at radius 1 is 1.44 bits per heavy atom. The predicted molar refractivity (Wildman–Crippen MR) is 69.9 cm³/mol. The Morgan fingerprint density at radius 2 is 2.11 bits per heavy atom. The molecule has 2 rings (SSSR count). The van der Waals surface area contributed by atoms with E-state index in [1.165, 1.54) is 6.07 Å². The molecule has 1 aliphatic heterocycles. The summed E-state index contributed by atoms with van der Waals surface area (Å²) in [7, 11) is 0. The van der Waals surface area contributed by atoms with E-state index in [2.05, 4.69) is 20.8 Å². The van der Waals surface area contributed by atoms with Crippen molar-refractivity contribution in [2.45, 2.75) is 25.3 Å². The van der Waals surface area contributed by atoms with Gasteiger partial charge in [0, 0.05) is 16.1 Å². The van der Waals surface area contributed by atoms with E-state index in [4.69, 9.17) is 5.11 Å². The Labute approximate surface area is 114 Å². The number of carbonyl (C=O) groups is 1. The number of hydrogen-bond acceptors (Lipinski definition) is 2. The van der Waals surface area contributed by atoms with Crippen LogP contribution in [-0.4, -0.2) is 29.1 Å². The number of benzene rings is 1. The second-order valence-electron chi connectivity index (χ2n) is 4.52. The molecule has 0 amide bonds. The molecule has 1 N–H and O–H groups in total. The van der Waals surface area contributed by atoms with Crippen LogP contribution in [0.2, 0.25) is 0 Å². The molecule has 0 aliphatic carbocycles. The van der Waals surface area contributed by atoms with Crippen molar-refractivity contribution >= 4 is 21.9 Å². The van der Waals surface area contributed by atoms with Crippen molar-refractivity contribution < 1.29 is 14.3 Å². The predicted octanol–water partition coefficient (Wildman–Crippen LogP) is 3.20. The molecule has 1 aromatic rings. The van der Waals surface area contributed by atoms with Crippen LogP contribution in [0.1, 0.15) is 30.9 Å². The maximum atomic E-state index is 14.0. The maximum absolute atomic E-state index is 14.0. The molecule has 98 valence electrons. The van der Waals surface area contributed by atoms with Gasteiger partial charge >= 0.3 is 5.97 Å². The third kappa shape index (κ3) is 3.09. The van der Waals surface area contributed by atoms with Crippen LogP contribution in [0.5, 0.6) is 0 Å². The minimum absolute atomic E-state index is 0.0570. The van der Waals surface area contributed by atoms with Crippen LogP contribution in [0.15, 0.2) is 22.7 Å². The maximum Gasteiger partial charge on any atom is 0.305 e. The van der Waals surface area contributed by atoms with E-state index in [0.717, 1.165) is 25.9 Å². The Kier molecular flexibility index (Phi) is 4.35. The third-order valence-electron chi connectivity index (χ3n) is 3.27. The fraction of sp³-hybridized carbons (Fsp3) is 0.462. The van der Waals surface area contributed by atoms with Crippen LogP contribution in [0.25, 0.3) is 0 Å². The normalized spacial score (nSPS) is 17.9. The number of carboxylic acid groups (broad SMARTS) is 1. The molecule has 1 aromatic carbocycles. The summed E-state index contributed by atoms with van der Waals surface area (Å²) < 4.78 is 14.6. The SMILES string of the molecule is O=C(O)CC(c1ccc(Br)cc1F)N1CCCC1. The molecule has 3 nitrogen and oxygen atoms in total. The topological polar surface area (TPSA) is 40.5 Å². The van der Waals surface area contributed by atoms with E-state index in [0.29, 0.717) is 10.0 Å². The lowest BCUT2D eigenvalue weighted by molar-refractivity contribution is -0.138. The number of carboxylic acids is 1. The zero-order valence-electron chi connectivity index (χ0n) is 9.90.